The second-order valence-corrected chi connectivity index (χ2v) is 18.8. The third kappa shape index (κ3) is 55.1. The van der Waals surface area contributed by atoms with E-state index in [0.29, 0.717) is 19.3 Å². The van der Waals surface area contributed by atoms with Gasteiger partial charge >= 0.3 is 17.9 Å². The van der Waals surface area contributed by atoms with E-state index in [4.69, 9.17) is 14.2 Å². The zero-order chi connectivity index (χ0) is 50.0. The molecule has 0 rings (SSSR count). The topological polar surface area (TPSA) is 78.9 Å². The Labute approximate surface area is 426 Å². The summed E-state index contributed by atoms with van der Waals surface area (Å²) in [4.78, 5) is 38.1. The first-order valence-corrected chi connectivity index (χ1v) is 28.7. The van der Waals surface area contributed by atoms with Crippen LogP contribution in [-0.4, -0.2) is 37.2 Å². The van der Waals surface area contributed by atoms with Crippen LogP contribution in [0.3, 0.4) is 0 Å². The smallest absolute Gasteiger partial charge is 0.306 e. The first-order valence-electron chi connectivity index (χ1n) is 28.7. The predicted molar refractivity (Wildman–Crippen MR) is 297 cm³/mol. The van der Waals surface area contributed by atoms with E-state index in [2.05, 4.69) is 118 Å². The highest BCUT2D eigenvalue weighted by Gasteiger charge is 2.19. The molecule has 6 nitrogen and oxygen atoms in total. The predicted octanol–water partition coefficient (Wildman–Crippen LogP) is 19.3. The Bertz CT molecular complexity index is 1380. The van der Waals surface area contributed by atoms with Crippen molar-refractivity contribution in [1.82, 2.24) is 0 Å². The van der Waals surface area contributed by atoms with Crippen LogP contribution in [0, 0.1) is 0 Å². The fourth-order valence-corrected chi connectivity index (χ4v) is 7.79. The molecule has 0 aliphatic carbocycles. The van der Waals surface area contributed by atoms with Gasteiger partial charge in [0.25, 0.3) is 0 Å². The molecule has 0 aromatic rings. The van der Waals surface area contributed by atoms with E-state index in [1.807, 2.05) is 0 Å². The van der Waals surface area contributed by atoms with Gasteiger partial charge in [0.15, 0.2) is 6.10 Å². The summed E-state index contributed by atoms with van der Waals surface area (Å²) in [7, 11) is 0. The summed E-state index contributed by atoms with van der Waals surface area (Å²) in [5.41, 5.74) is 0. The number of allylic oxidation sites excluding steroid dienone is 16. The number of carbonyl (C=O) groups excluding carboxylic acids is 3. The lowest BCUT2D eigenvalue weighted by Gasteiger charge is -2.18. The van der Waals surface area contributed by atoms with E-state index in [0.717, 1.165) is 77.0 Å². The van der Waals surface area contributed by atoms with Crippen LogP contribution in [0.25, 0.3) is 0 Å². The van der Waals surface area contributed by atoms with E-state index < -0.39 is 6.10 Å². The largest absolute Gasteiger partial charge is 0.462 e. The van der Waals surface area contributed by atoms with Crippen LogP contribution >= 0.6 is 0 Å². The molecule has 0 unspecified atom stereocenters. The van der Waals surface area contributed by atoms with E-state index in [9.17, 15) is 14.4 Å². The van der Waals surface area contributed by atoms with Gasteiger partial charge in [-0.25, -0.2) is 0 Å². The van der Waals surface area contributed by atoms with E-state index in [1.54, 1.807) is 0 Å². The molecular weight excluding hydrogens is 853 g/mol. The molecule has 0 saturated carbocycles. The van der Waals surface area contributed by atoms with Crippen LogP contribution in [0.2, 0.25) is 0 Å². The number of ether oxygens (including phenoxy) is 3. The highest BCUT2D eigenvalue weighted by atomic mass is 16.6. The minimum Gasteiger partial charge on any atom is -0.462 e. The van der Waals surface area contributed by atoms with E-state index in [-0.39, 0.29) is 44.0 Å². The van der Waals surface area contributed by atoms with Crippen molar-refractivity contribution in [1.29, 1.82) is 0 Å². The van der Waals surface area contributed by atoms with Crippen molar-refractivity contribution in [3.05, 3.63) is 97.2 Å². The molecule has 0 aromatic carbocycles. The van der Waals surface area contributed by atoms with Gasteiger partial charge in [0.1, 0.15) is 13.2 Å². The lowest BCUT2D eigenvalue weighted by molar-refractivity contribution is -0.167. The molecule has 0 aliphatic rings. The van der Waals surface area contributed by atoms with Crippen LogP contribution in [0.4, 0.5) is 0 Å². The van der Waals surface area contributed by atoms with Gasteiger partial charge in [-0.1, -0.05) is 253 Å². The van der Waals surface area contributed by atoms with Gasteiger partial charge in [-0.05, 0) is 89.9 Å². The van der Waals surface area contributed by atoms with Crippen molar-refractivity contribution < 1.29 is 28.6 Å². The summed E-state index contributed by atoms with van der Waals surface area (Å²) in [5.74, 6) is -1.02. The molecule has 0 radical (unpaired) electrons. The maximum atomic E-state index is 12.8. The van der Waals surface area contributed by atoms with Gasteiger partial charge in [-0.15, -0.1) is 0 Å². The average Bonchev–Trinajstić information content (AvgIpc) is 3.35. The fourth-order valence-electron chi connectivity index (χ4n) is 7.79. The van der Waals surface area contributed by atoms with E-state index >= 15 is 0 Å². The Morgan fingerprint density at radius 1 is 0.304 bits per heavy atom. The van der Waals surface area contributed by atoms with Gasteiger partial charge < -0.3 is 14.2 Å². The van der Waals surface area contributed by atoms with Gasteiger partial charge in [0.05, 0.1) is 0 Å². The number of unbranched alkanes of at least 4 members (excludes halogenated alkanes) is 24. The molecule has 0 bridgehead atoms. The van der Waals surface area contributed by atoms with Crippen molar-refractivity contribution in [2.24, 2.45) is 0 Å². The van der Waals surface area contributed by atoms with Crippen molar-refractivity contribution in [2.45, 2.75) is 271 Å². The summed E-state index contributed by atoms with van der Waals surface area (Å²) in [5, 5.41) is 0. The molecule has 0 heterocycles. The number of carbonyl (C=O) groups is 3. The second kappa shape index (κ2) is 56.9. The SMILES string of the molecule is CC/C=C\C/C=C\C/C=C\C/C=C\C/C=C\CCCC(=O)OC[C@H](COC(=O)CCCCCCCCCCCCCCCCCCC)OC(=O)CCC/C=C\C/C=C\C/C=C\CCCCCCCC. The van der Waals surface area contributed by atoms with Crippen LogP contribution in [-0.2, 0) is 28.6 Å². The monoisotopic (exact) mass is 959 g/mol. The minimum atomic E-state index is -0.826. The highest BCUT2D eigenvalue weighted by Crippen LogP contribution is 2.15. The first kappa shape index (κ1) is 65.3. The van der Waals surface area contributed by atoms with Gasteiger partial charge in [0, 0.05) is 19.3 Å². The molecule has 0 aliphatic heterocycles. The Balaban J connectivity index is 4.53. The molecule has 0 N–H and O–H groups in total. The van der Waals surface area contributed by atoms with Crippen molar-refractivity contribution in [3.8, 4) is 0 Å². The van der Waals surface area contributed by atoms with Crippen molar-refractivity contribution in [2.75, 3.05) is 13.2 Å². The molecule has 69 heavy (non-hydrogen) atoms. The minimum absolute atomic E-state index is 0.114. The van der Waals surface area contributed by atoms with Gasteiger partial charge in [-0.2, -0.15) is 0 Å². The summed E-state index contributed by atoms with van der Waals surface area (Å²) in [6.45, 7) is 6.44. The maximum Gasteiger partial charge on any atom is 0.306 e. The summed E-state index contributed by atoms with van der Waals surface area (Å²) in [6, 6.07) is 0. The molecule has 6 heteroatoms. The van der Waals surface area contributed by atoms with Crippen molar-refractivity contribution in [3.63, 3.8) is 0 Å². The lowest BCUT2D eigenvalue weighted by atomic mass is 10.0. The normalized spacial score (nSPS) is 12.8. The molecule has 1 atom stereocenters. The van der Waals surface area contributed by atoms with Crippen LogP contribution in [0.15, 0.2) is 97.2 Å². The highest BCUT2D eigenvalue weighted by molar-refractivity contribution is 5.71. The van der Waals surface area contributed by atoms with Crippen LogP contribution in [0.1, 0.15) is 265 Å². The third-order valence-corrected chi connectivity index (χ3v) is 12.1. The standard InChI is InChI=1S/C63H106O6/c1-4-7-10-13-16-19-22-25-28-31-34-37-40-43-46-49-52-55-61(64)67-58-60(69-63(66)57-54-51-48-45-42-39-36-33-30-27-24-21-18-15-12-9-6-3)59-68-62(65)56-53-50-47-44-41-38-35-32-29-26-23-20-17-14-11-8-5-2/h7,10,16,19,25,27-28,30,34,36-37,39,43,45-46,48,60H,4-6,8-9,11-15,17-18,20-24,26,29,31-33,35,38,40-42,44,47,49-59H2,1-3H3/b10-7-,19-16-,28-25-,30-27-,37-34-,39-36-,46-43-,48-45-/t60-/m1/s1. The zero-order valence-corrected chi connectivity index (χ0v) is 45.0. The maximum absolute atomic E-state index is 12.8. The molecule has 0 fully saturated rings. The Morgan fingerprint density at radius 2 is 0.580 bits per heavy atom. The first-order chi connectivity index (χ1) is 34.0. The summed E-state index contributed by atoms with van der Waals surface area (Å²) in [6.07, 6.45) is 75.5. The molecule has 0 spiro atoms. The molecular formula is C63H106O6. The van der Waals surface area contributed by atoms with Gasteiger partial charge in [0.2, 0.25) is 0 Å². The molecule has 0 saturated heterocycles. The fraction of sp³-hybridized carbons (Fsp3) is 0.698. The van der Waals surface area contributed by atoms with E-state index in [1.165, 1.54) is 135 Å². The third-order valence-electron chi connectivity index (χ3n) is 12.1. The Morgan fingerprint density at radius 3 is 0.942 bits per heavy atom. The van der Waals surface area contributed by atoms with Crippen LogP contribution < -0.4 is 0 Å². The Kier molecular flexibility index (Phi) is 53.9. The lowest BCUT2D eigenvalue weighted by Crippen LogP contribution is -2.30. The summed E-state index contributed by atoms with van der Waals surface area (Å²) >= 11 is 0. The zero-order valence-electron chi connectivity index (χ0n) is 45.0. The molecule has 0 amide bonds. The number of hydrogen-bond donors (Lipinski definition) is 0. The van der Waals surface area contributed by atoms with Crippen LogP contribution in [0.5, 0.6) is 0 Å². The number of rotatable bonds is 51. The second-order valence-electron chi connectivity index (χ2n) is 18.8. The van der Waals surface area contributed by atoms with Gasteiger partial charge in [-0.3, -0.25) is 14.4 Å². The Hall–Kier alpha value is -3.67. The number of hydrogen-bond acceptors (Lipinski definition) is 6. The quantitative estimate of drug-likeness (QED) is 0.0262. The summed E-state index contributed by atoms with van der Waals surface area (Å²) < 4.78 is 16.8. The number of esters is 3. The average molecular weight is 960 g/mol. The molecule has 394 valence electrons. The van der Waals surface area contributed by atoms with Crippen molar-refractivity contribution >= 4 is 17.9 Å². The molecule has 0 aromatic heterocycles.